The number of thioether (sulfide) groups is 1. The van der Waals surface area contributed by atoms with Crippen LogP contribution in [0.15, 0.2) is 140 Å². The third-order valence-corrected chi connectivity index (χ3v) is 11.6. The van der Waals surface area contributed by atoms with Gasteiger partial charge in [0.05, 0.1) is 23.7 Å². The highest BCUT2D eigenvalue weighted by molar-refractivity contribution is 8.00. The molecule has 0 bridgehead atoms. The fraction of sp³-hybridized carbons (Fsp3) is 0.255. The molecule has 0 saturated carbocycles. The third kappa shape index (κ3) is 7.80. The molecule has 9 nitrogen and oxygen atoms in total. The minimum absolute atomic E-state index is 0.0453. The van der Waals surface area contributed by atoms with Crippen LogP contribution in [-0.2, 0) is 28.0 Å². The zero-order valence-corrected chi connectivity index (χ0v) is 33.7. The van der Waals surface area contributed by atoms with Gasteiger partial charge in [-0.15, -0.1) is 16.9 Å². The lowest BCUT2D eigenvalue weighted by atomic mass is 9.77. The Morgan fingerprint density at radius 3 is 1.86 bits per heavy atom. The number of rotatable bonds is 16. The molecule has 0 amide bonds. The van der Waals surface area contributed by atoms with Crippen molar-refractivity contribution in [1.29, 1.82) is 0 Å². The van der Waals surface area contributed by atoms with Gasteiger partial charge in [0.2, 0.25) is 0 Å². The molecule has 1 N–H and O–H groups in total. The van der Waals surface area contributed by atoms with E-state index in [0.717, 1.165) is 51.2 Å². The van der Waals surface area contributed by atoms with Crippen molar-refractivity contribution in [3.63, 3.8) is 0 Å². The van der Waals surface area contributed by atoms with Crippen molar-refractivity contribution in [3.8, 4) is 22.5 Å². The SMILES string of the molecule is CCCc1nc(C(C)(C)SCCO)c(C(=O)OCC)n1Cc1ccc(-c2ccccc2-c2nnnn2C(c2ccccc2)(c2ccccc2)c2ccccc2)cc1. The van der Waals surface area contributed by atoms with Crippen molar-refractivity contribution in [2.75, 3.05) is 19.0 Å². The Kier molecular flexibility index (Phi) is 12.1. The van der Waals surface area contributed by atoms with E-state index in [9.17, 15) is 9.90 Å². The van der Waals surface area contributed by atoms with Crippen molar-refractivity contribution in [2.45, 2.75) is 57.4 Å². The van der Waals surface area contributed by atoms with Gasteiger partial charge in [0, 0.05) is 24.3 Å². The number of imidazole rings is 1. The maximum Gasteiger partial charge on any atom is 0.356 e. The normalized spacial score (nSPS) is 11.8. The molecule has 7 aromatic rings. The van der Waals surface area contributed by atoms with E-state index in [0.29, 0.717) is 35.9 Å². The van der Waals surface area contributed by atoms with E-state index in [1.54, 1.807) is 11.8 Å². The molecule has 7 rings (SSSR count). The monoisotopic (exact) mass is 776 g/mol. The third-order valence-electron chi connectivity index (χ3n) is 10.2. The number of benzene rings is 5. The van der Waals surface area contributed by atoms with E-state index in [1.807, 2.05) is 60.4 Å². The Bertz CT molecular complexity index is 2300. The first-order chi connectivity index (χ1) is 27.8. The highest BCUT2D eigenvalue weighted by Crippen LogP contribution is 2.44. The van der Waals surface area contributed by atoms with E-state index < -0.39 is 10.3 Å². The number of hydrogen-bond acceptors (Lipinski definition) is 8. The predicted octanol–water partition coefficient (Wildman–Crippen LogP) is 9.18. The summed E-state index contributed by atoms with van der Waals surface area (Å²) < 4.78 is 9.07. The Morgan fingerprint density at radius 1 is 0.754 bits per heavy atom. The molecule has 0 saturated heterocycles. The molecular formula is C47H48N6O3S. The van der Waals surface area contributed by atoms with Gasteiger partial charge in [-0.3, -0.25) is 0 Å². The summed E-state index contributed by atoms with van der Waals surface area (Å²) in [6, 6.07) is 47.9. The fourth-order valence-corrected chi connectivity index (χ4v) is 8.55. The van der Waals surface area contributed by atoms with Gasteiger partial charge in [0.25, 0.3) is 0 Å². The van der Waals surface area contributed by atoms with Gasteiger partial charge in [-0.2, -0.15) is 0 Å². The molecule has 0 unspecified atom stereocenters. The molecule has 0 aliphatic rings. The second-order valence-corrected chi connectivity index (χ2v) is 16.0. The van der Waals surface area contributed by atoms with Crippen LogP contribution in [0.4, 0.5) is 0 Å². The predicted molar refractivity (Wildman–Crippen MR) is 227 cm³/mol. The van der Waals surface area contributed by atoms with Crippen molar-refractivity contribution >= 4 is 17.7 Å². The van der Waals surface area contributed by atoms with Gasteiger partial charge < -0.3 is 14.4 Å². The summed E-state index contributed by atoms with van der Waals surface area (Å²) in [7, 11) is 0. The Hall–Kier alpha value is -5.84. The smallest absolute Gasteiger partial charge is 0.356 e. The van der Waals surface area contributed by atoms with Gasteiger partial charge in [0.15, 0.2) is 11.5 Å². The van der Waals surface area contributed by atoms with Crippen molar-refractivity contribution in [3.05, 3.63) is 179 Å². The number of aromatic nitrogens is 6. The van der Waals surface area contributed by atoms with Crippen LogP contribution in [0.3, 0.4) is 0 Å². The number of aryl methyl sites for hydroxylation is 1. The second-order valence-electron chi connectivity index (χ2n) is 14.3. The van der Waals surface area contributed by atoms with Crippen LogP contribution in [0.2, 0.25) is 0 Å². The number of nitrogens with zero attached hydrogens (tertiary/aromatic N) is 6. The van der Waals surface area contributed by atoms with Crippen LogP contribution >= 0.6 is 11.8 Å². The van der Waals surface area contributed by atoms with E-state index in [-0.39, 0.29) is 19.2 Å². The average molecular weight is 777 g/mol. The molecule has 5 aromatic carbocycles. The highest BCUT2D eigenvalue weighted by atomic mass is 32.2. The van der Waals surface area contributed by atoms with Crippen LogP contribution < -0.4 is 0 Å². The number of aliphatic hydroxyl groups is 1. The number of esters is 1. The molecule has 0 radical (unpaired) electrons. The zero-order chi connectivity index (χ0) is 39.8. The van der Waals surface area contributed by atoms with Crippen molar-refractivity contribution in [2.24, 2.45) is 0 Å². The Labute approximate surface area is 338 Å². The number of hydrogen-bond donors (Lipinski definition) is 1. The summed E-state index contributed by atoms with van der Waals surface area (Å²) >= 11 is 1.58. The molecule has 0 fully saturated rings. The largest absolute Gasteiger partial charge is 0.461 e. The first kappa shape index (κ1) is 39.4. The molecular weight excluding hydrogens is 729 g/mol. The van der Waals surface area contributed by atoms with Crippen molar-refractivity contribution < 1.29 is 14.6 Å². The summed E-state index contributed by atoms with van der Waals surface area (Å²) in [5, 5.41) is 23.4. The lowest BCUT2D eigenvalue weighted by molar-refractivity contribution is 0.0511. The number of carbonyl (C=O) groups excluding carboxylic acids is 1. The van der Waals surface area contributed by atoms with Crippen molar-refractivity contribution in [1.82, 2.24) is 29.8 Å². The van der Waals surface area contributed by atoms with E-state index in [1.165, 1.54) is 0 Å². The molecule has 0 spiro atoms. The minimum atomic E-state index is -0.888. The molecule has 0 atom stereocenters. The van der Waals surface area contributed by atoms with Crippen LogP contribution in [0.1, 0.15) is 78.4 Å². The lowest BCUT2D eigenvalue weighted by Crippen LogP contribution is -2.39. The molecule has 2 heterocycles. The fourth-order valence-electron chi connectivity index (χ4n) is 7.67. The minimum Gasteiger partial charge on any atom is -0.461 e. The summed E-state index contributed by atoms with van der Waals surface area (Å²) in [6.45, 7) is 8.78. The number of aliphatic hydroxyl groups excluding tert-OH is 1. The molecule has 2 aromatic heterocycles. The maximum absolute atomic E-state index is 13.6. The average Bonchev–Trinajstić information content (AvgIpc) is 3.88. The molecule has 0 aliphatic heterocycles. The summed E-state index contributed by atoms with van der Waals surface area (Å²) in [6.07, 6.45) is 1.59. The topological polar surface area (TPSA) is 108 Å². The van der Waals surface area contributed by atoms with Crippen LogP contribution in [-0.4, -0.2) is 59.8 Å². The van der Waals surface area contributed by atoms with Crippen LogP contribution in [0, 0.1) is 0 Å². The molecule has 290 valence electrons. The van der Waals surface area contributed by atoms with E-state index >= 15 is 0 Å². The van der Waals surface area contributed by atoms with Crippen LogP contribution in [0.5, 0.6) is 0 Å². The molecule has 0 aliphatic carbocycles. The summed E-state index contributed by atoms with van der Waals surface area (Å²) in [4.78, 5) is 18.7. The maximum atomic E-state index is 13.6. The number of carbonyl (C=O) groups is 1. The quantitative estimate of drug-likeness (QED) is 0.0765. The Morgan fingerprint density at radius 2 is 1.32 bits per heavy atom. The standard InChI is InChI=1S/C47H48N6O3S/c1-5-18-41-48-43(46(3,4)57-32-31-54)42(45(55)56-6-2)52(41)33-34-27-29-35(30-28-34)39-25-16-17-26-40(39)44-49-50-51-53(44)47(36-19-10-7-11-20-36,37-21-12-8-13-22-37)38-23-14-9-15-24-38/h7-17,19-30,54H,5-6,18,31-33H2,1-4H3. The number of ether oxygens (including phenoxy) is 1. The number of tetrazole rings is 1. The van der Waals surface area contributed by atoms with Gasteiger partial charge in [-0.25, -0.2) is 14.5 Å². The summed E-state index contributed by atoms with van der Waals surface area (Å²) in [5.41, 5.74) is 7.24. The summed E-state index contributed by atoms with van der Waals surface area (Å²) in [5.74, 6) is 1.61. The van der Waals surface area contributed by atoms with Gasteiger partial charge >= 0.3 is 5.97 Å². The van der Waals surface area contributed by atoms with E-state index in [2.05, 4.69) is 121 Å². The van der Waals surface area contributed by atoms with E-state index in [4.69, 9.17) is 20.0 Å². The van der Waals surface area contributed by atoms with Crippen LogP contribution in [0.25, 0.3) is 22.5 Å². The first-order valence-corrected chi connectivity index (χ1v) is 20.5. The van der Waals surface area contributed by atoms with Gasteiger partial charge in [-0.1, -0.05) is 146 Å². The van der Waals surface area contributed by atoms with Gasteiger partial charge in [0.1, 0.15) is 11.4 Å². The molecule has 57 heavy (non-hydrogen) atoms. The second kappa shape index (κ2) is 17.5. The van der Waals surface area contributed by atoms with Gasteiger partial charge in [-0.05, 0) is 71.0 Å². The Balaban J connectivity index is 1.32. The lowest BCUT2D eigenvalue weighted by Gasteiger charge is -2.36. The molecule has 10 heteroatoms. The first-order valence-electron chi connectivity index (χ1n) is 19.5. The zero-order valence-electron chi connectivity index (χ0n) is 32.9. The highest BCUT2D eigenvalue weighted by Gasteiger charge is 2.42.